The van der Waals surface area contributed by atoms with E-state index in [0.717, 1.165) is 51.3 Å². The highest BCUT2D eigenvalue weighted by molar-refractivity contribution is 14.0. The van der Waals surface area contributed by atoms with Gasteiger partial charge >= 0.3 is 0 Å². The summed E-state index contributed by atoms with van der Waals surface area (Å²) >= 11 is 0. The molecule has 0 saturated carbocycles. The number of benzene rings is 1. The molecule has 1 aromatic carbocycles. The first-order chi connectivity index (χ1) is 14.0. The van der Waals surface area contributed by atoms with E-state index in [2.05, 4.69) is 29.5 Å². The number of hydrogen-bond donors (Lipinski definition) is 3. The minimum Gasteiger partial charge on any atom is -0.504 e. The quantitative estimate of drug-likeness (QED) is 0.271. The van der Waals surface area contributed by atoms with Gasteiger partial charge in [0.25, 0.3) is 0 Å². The molecule has 0 aliphatic carbocycles. The second kappa shape index (κ2) is 13.6. The Morgan fingerprint density at radius 1 is 1.27 bits per heavy atom. The minimum atomic E-state index is 0. The molecule has 170 valence electrons. The standard InChI is InChI=1S/C22H36N4O3.HI/c1-5-16(6-2)21(28)26-13-11-18(12-14-26)25-22(23-7-3)24-15-17-9-8-10-19(29-4)20(17)27;/h8-10,16,18,27H,5-7,11-15H2,1-4H3,(H2,23,24,25);1H. The Bertz CT molecular complexity index is 687. The number of hydrogen-bond acceptors (Lipinski definition) is 4. The number of carbonyl (C=O) groups is 1. The Morgan fingerprint density at radius 3 is 2.50 bits per heavy atom. The number of nitrogens with zero attached hydrogens (tertiary/aromatic N) is 2. The Balaban J connectivity index is 0.00000450. The van der Waals surface area contributed by atoms with E-state index in [4.69, 9.17) is 4.74 Å². The van der Waals surface area contributed by atoms with E-state index in [0.29, 0.717) is 23.8 Å². The van der Waals surface area contributed by atoms with Crippen molar-refractivity contribution in [2.24, 2.45) is 10.9 Å². The van der Waals surface area contributed by atoms with Crippen LogP contribution < -0.4 is 15.4 Å². The topological polar surface area (TPSA) is 86.2 Å². The molecule has 0 atom stereocenters. The molecule has 1 fully saturated rings. The number of nitrogens with one attached hydrogen (secondary N) is 2. The lowest BCUT2D eigenvalue weighted by Crippen LogP contribution is -2.50. The third-order valence-corrected chi connectivity index (χ3v) is 5.54. The molecule has 8 heteroatoms. The Labute approximate surface area is 197 Å². The van der Waals surface area contributed by atoms with E-state index in [9.17, 15) is 9.90 Å². The summed E-state index contributed by atoms with van der Waals surface area (Å²) in [4.78, 5) is 19.2. The summed E-state index contributed by atoms with van der Waals surface area (Å²) in [5, 5.41) is 17.0. The van der Waals surface area contributed by atoms with Crippen molar-refractivity contribution in [2.75, 3.05) is 26.7 Å². The lowest BCUT2D eigenvalue weighted by atomic mass is 9.98. The van der Waals surface area contributed by atoms with Crippen LogP contribution in [0.3, 0.4) is 0 Å². The first-order valence-electron chi connectivity index (χ1n) is 10.7. The van der Waals surface area contributed by atoms with E-state index < -0.39 is 0 Å². The number of phenolic OH excluding ortho intramolecular Hbond substituents is 1. The molecule has 0 spiro atoms. The van der Waals surface area contributed by atoms with E-state index in [1.165, 1.54) is 7.11 Å². The van der Waals surface area contributed by atoms with Crippen LogP contribution in [0.4, 0.5) is 0 Å². The lowest BCUT2D eigenvalue weighted by Gasteiger charge is -2.34. The van der Waals surface area contributed by atoms with E-state index in [-0.39, 0.29) is 41.7 Å². The van der Waals surface area contributed by atoms with Gasteiger partial charge in [-0.1, -0.05) is 26.0 Å². The molecule has 1 heterocycles. The number of aliphatic imine (C=N–C) groups is 1. The maximum absolute atomic E-state index is 12.6. The van der Waals surface area contributed by atoms with Gasteiger partial charge in [-0.2, -0.15) is 0 Å². The van der Waals surface area contributed by atoms with Gasteiger partial charge in [0.15, 0.2) is 17.5 Å². The van der Waals surface area contributed by atoms with E-state index >= 15 is 0 Å². The molecule has 2 rings (SSSR count). The van der Waals surface area contributed by atoms with Crippen LogP contribution in [0.5, 0.6) is 11.5 Å². The normalized spacial score (nSPS) is 15.0. The van der Waals surface area contributed by atoms with Crippen LogP contribution in [0.25, 0.3) is 0 Å². The van der Waals surface area contributed by atoms with E-state index in [1.54, 1.807) is 6.07 Å². The number of carbonyl (C=O) groups excluding carboxylic acids is 1. The smallest absolute Gasteiger partial charge is 0.225 e. The predicted octanol–water partition coefficient (Wildman–Crippen LogP) is 3.50. The Kier molecular flexibility index (Phi) is 11.9. The molecule has 0 aromatic heterocycles. The third-order valence-electron chi connectivity index (χ3n) is 5.54. The van der Waals surface area contributed by atoms with Crippen molar-refractivity contribution in [3.63, 3.8) is 0 Å². The lowest BCUT2D eigenvalue weighted by molar-refractivity contribution is -0.136. The van der Waals surface area contributed by atoms with Crippen molar-refractivity contribution in [1.29, 1.82) is 0 Å². The van der Waals surface area contributed by atoms with Gasteiger partial charge in [0, 0.05) is 37.2 Å². The summed E-state index contributed by atoms with van der Waals surface area (Å²) in [6.07, 6.45) is 3.62. The fourth-order valence-corrected chi connectivity index (χ4v) is 3.68. The highest BCUT2D eigenvalue weighted by Gasteiger charge is 2.26. The van der Waals surface area contributed by atoms with Gasteiger partial charge in [-0.3, -0.25) is 4.79 Å². The monoisotopic (exact) mass is 532 g/mol. The zero-order chi connectivity index (χ0) is 21.2. The van der Waals surface area contributed by atoms with Gasteiger partial charge in [0.1, 0.15) is 0 Å². The third kappa shape index (κ3) is 7.21. The van der Waals surface area contributed by atoms with Crippen molar-refractivity contribution in [3.05, 3.63) is 23.8 Å². The number of guanidine groups is 1. The molecule has 0 radical (unpaired) electrons. The molecule has 1 saturated heterocycles. The Morgan fingerprint density at radius 2 is 1.93 bits per heavy atom. The molecule has 7 nitrogen and oxygen atoms in total. The number of halogens is 1. The second-order valence-corrected chi connectivity index (χ2v) is 7.42. The zero-order valence-corrected chi connectivity index (χ0v) is 20.9. The number of likely N-dealkylation sites (tertiary alicyclic amines) is 1. The van der Waals surface area contributed by atoms with Crippen LogP contribution in [-0.2, 0) is 11.3 Å². The fourth-order valence-electron chi connectivity index (χ4n) is 3.68. The van der Waals surface area contributed by atoms with Crippen LogP contribution in [0.1, 0.15) is 52.0 Å². The molecule has 0 unspecified atom stereocenters. The van der Waals surface area contributed by atoms with Gasteiger partial charge in [0.05, 0.1) is 13.7 Å². The molecule has 1 amide bonds. The SMILES string of the molecule is CCNC(=NCc1cccc(OC)c1O)NC1CCN(C(=O)C(CC)CC)CC1.I. The number of piperidine rings is 1. The summed E-state index contributed by atoms with van der Waals surface area (Å²) in [5.74, 6) is 1.74. The molecule has 30 heavy (non-hydrogen) atoms. The van der Waals surface area contributed by atoms with Gasteiger partial charge < -0.3 is 25.4 Å². The number of methoxy groups -OCH3 is 1. The number of aromatic hydroxyl groups is 1. The maximum atomic E-state index is 12.6. The second-order valence-electron chi connectivity index (χ2n) is 7.42. The summed E-state index contributed by atoms with van der Waals surface area (Å²) in [7, 11) is 1.54. The molecular formula is C22H37IN4O3. The summed E-state index contributed by atoms with van der Waals surface area (Å²) in [5.41, 5.74) is 0.715. The van der Waals surface area contributed by atoms with Crippen molar-refractivity contribution >= 4 is 35.8 Å². The molecule has 1 aliphatic heterocycles. The number of amides is 1. The van der Waals surface area contributed by atoms with Crippen LogP contribution in [0, 0.1) is 5.92 Å². The predicted molar refractivity (Wildman–Crippen MR) is 132 cm³/mol. The summed E-state index contributed by atoms with van der Waals surface area (Å²) in [6, 6.07) is 5.68. The number of ether oxygens (including phenoxy) is 1. The fraction of sp³-hybridized carbons (Fsp3) is 0.636. The number of phenols is 1. The Hall–Kier alpha value is -1.71. The van der Waals surface area contributed by atoms with Crippen molar-refractivity contribution in [2.45, 2.75) is 59.0 Å². The van der Waals surface area contributed by atoms with Gasteiger partial charge in [-0.15, -0.1) is 24.0 Å². The molecule has 3 N–H and O–H groups in total. The van der Waals surface area contributed by atoms with Crippen LogP contribution in [0.2, 0.25) is 0 Å². The first-order valence-corrected chi connectivity index (χ1v) is 10.7. The van der Waals surface area contributed by atoms with Crippen molar-refractivity contribution in [1.82, 2.24) is 15.5 Å². The molecule has 1 aliphatic rings. The van der Waals surface area contributed by atoms with Crippen LogP contribution in [-0.4, -0.2) is 54.7 Å². The minimum absolute atomic E-state index is 0. The highest BCUT2D eigenvalue weighted by Crippen LogP contribution is 2.29. The van der Waals surface area contributed by atoms with Crippen LogP contribution in [0.15, 0.2) is 23.2 Å². The zero-order valence-electron chi connectivity index (χ0n) is 18.6. The van der Waals surface area contributed by atoms with Gasteiger partial charge in [-0.25, -0.2) is 4.99 Å². The highest BCUT2D eigenvalue weighted by atomic mass is 127. The molecule has 1 aromatic rings. The van der Waals surface area contributed by atoms with Gasteiger partial charge in [0.2, 0.25) is 5.91 Å². The van der Waals surface area contributed by atoms with Crippen molar-refractivity contribution in [3.8, 4) is 11.5 Å². The van der Waals surface area contributed by atoms with Gasteiger partial charge in [-0.05, 0) is 38.7 Å². The average Bonchev–Trinajstić information content (AvgIpc) is 2.74. The van der Waals surface area contributed by atoms with Crippen LogP contribution >= 0.6 is 24.0 Å². The maximum Gasteiger partial charge on any atom is 0.225 e. The summed E-state index contributed by atoms with van der Waals surface area (Å²) < 4.78 is 5.16. The van der Waals surface area contributed by atoms with E-state index in [1.807, 2.05) is 24.0 Å². The average molecular weight is 532 g/mol. The largest absolute Gasteiger partial charge is 0.504 e. The summed E-state index contributed by atoms with van der Waals surface area (Å²) in [6.45, 7) is 8.86. The molecular weight excluding hydrogens is 495 g/mol. The molecule has 0 bridgehead atoms. The number of para-hydroxylation sites is 1. The first kappa shape index (κ1) is 26.3. The van der Waals surface area contributed by atoms with Crippen molar-refractivity contribution < 1.29 is 14.6 Å². The number of rotatable bonds is 8.